The molecule has 1 N–H and O–H groups in total. The largest absolute Gasteiger partial charge is 0.478 e. The van der Waals surface area contributed by atoms with Gasteiger partial charge in [0.15, 0.2) is 0 Å². The van der Waals surface area contributed by atoms with Crippen LogP contribution in [0.25, 0.3) is 0 Å². The van der Waals surface area contributed by atoms with Crippen molar-refractivity contribution in [2.75, 3.05) is 0 Å². The predicted molar refractivity (Wildman–Crippen MR) is 89.8 cm³/mol. The van der Waals surface area contributed by atoms with Gasteiger partial charge in [-0.2, -0.15) is 0 Å². The van der Waals surface area contributed by atoms with Crippen LogP contribution in [0.5, 0.6) is 0 Å². The van der Waals surface area contributed by atoms with Crippen molar-refractivity contribution >= 4 is 5.97 Å². The number of carboxylic acids is 1. The van der Waals surface area contributed by atoms with Gasteiger partial charge in [0.05, 0.1) is 5.56 Å². The molecule has 0 atom stereocenters. The smallest absolute Gasteiger partial charge is 0.337 e. The van der Waals surface area contributed by atoms with Gasteiger partial charge in [0.25, 0.3) is 0 Å². The molecular formula is C20H17NO2. The molecule has 0 aliphatic heterocycles. The van der Waals surface area contributed by atoms with Crippen molar-refractivity contribution in [1.29, 1.82) is 0 Å². The molecule has 1 heterocycles. The summed E-state index contributed by atoms with van der Waals surface area (Å²) in [5.41, 5.74) is 4.16. The van der Waals surface area contributed by atoms with E-state index in [-0.39, 0.29) is 11.5 Å². The van der Waals surface area contributed by atoms with Gasteiger partial charge in [-0.25, -0.2) is 4.79 Å². The number of benzene rings is 2. The average molecular weight is 303 g/mol. The molecule has 0 fully saturated rings. The van der Waals surface area contributed by atoms with E-state index in [1.165, 1.54) is 6.20 Å². The molecule has 0 amide bonds. The molecule has 3 nitrogen and oxygen atoms in total. The zero-order valence-corrected chi connectivity index (χ0v) is 12.8. The van der Waals surface area contributed by atoms with Gasteiger partial charge in [0.2, 0.25) is 0 Å². The van der Waals surface area contributed by atoms with Crippen LogP contribution in [-0.4, -0.2) is 16.1 Å². The SMILES string of the molecule is Cc1c(C(=O)O)cncc1C(c1ccccc1)c1ccccc1. The summed E-state index contributed by atoms with van der Waals surface area (Å²) in [6.45, 7) is 1.85. The fourth-order valence-electron chi connectivity index (χ4n) is 2.89. The maximum absolute atomic E-state index is 11.4. The zero-order chi connectivity index (χ0) is 16.2. The molecule has 1 aromatic heterocycles. The highest BCUT2D eigenvalue weighted by atomic mass is 16.4. The Morgan fingerprint density at radius 1 is 0.913 bits per heavy atom. The molecule has 3 heteroatoms. The highest BCUT2D eigenvalue weighted by molar-refractivity contribution is 5.89. The van der Waals surface area contributed by atoms with Crippen LogP contribution in [-0.2, 0) is 0 Å². The molecule has 0 unspecified atom stereocenters. The summed E-state index contributed by atoms with van der Waals surface area (Å²) in [5.74, 6) is -0.985. The van der Waals surface area contributed by atoms with E-state index in [9.17, 15) is 9.90 Å². The van der Waals surface area contributed by atoms with Gasteiger partial charge in [0.1, 0.15) is 0 Å². The first-order valence-corrected chi connectivity index (χ1v) is 7.46. The summed E-state index contributed by atoms with van der Waals surface area (Å²) in [4.78, 5) is 15.6. The monoisotopic (exact) mass is 303 g/mol. The molecule has 0 bridgehead atoms. The van der Waals surface area contributed by atoms with Crippen LogP contribution < -0.4 is 0 Å². The summed E-state index contributed by atoms with van der Waals surface area (Å²) >= 11 is 0. The summed E-state index contributed by atoms with van der Waals surface area (Å²) < 4.78 is 0. The first kappa shape index (κ1) is 15.0. The molecule has 0 spiro atoms. The lowest BCUT2D eigenvalue weighted by atomic mass is 9.83. The molecular weight excluding hydrogens is 286 g/mol. The molecule has 2 aromatic carbocycles. The summed E-state index contributed by atoms with van der Waals surface area (Å²) in [5, 5.41) is 9.37. The Morgan fingerprint density at radius 2 is 1.43 bits per heavy atom. The van der Waals surface area contributed by atoms with E-state index in [0.717, 1.165) is 22.3 Å². The van der Waals surface area contributed by atoms with Crippen molar-refractivity contribution in [3.63, 3.8) is 0 Å². The number of aromatic nitrogens is 1. The number of nitrogens with zero attached hydrogens (tertiary/aromatic N) is 1. The number of carbonyl (C=O) groups is 1. The summed E-state index contributed by atoms with van der Waals surface area (Å²) in [6, 6.07) is 20.2. The predicted octanol–water partition coefficient (Wildman–Crippen LogP) is 4.27. The lowest BCUT2D eigenvalue weighted by Gasteiger charge is -2.21. The molecule has 0 aliphatic rings. The first-order chi connectivity index (χ1) is 11.2. The minimum atomic E-state index is -0.947. The maximum Gasteiger partial charge on any atom is 0.337 e. The van der Waals surface area contributed by atoms with E-state index in [1.54, 1.807) is 6.20 Å². The second-order valence-corrected chi connectivity index (χ2v) is 5.46. The van der Waals surface area contributed by atoms with E-state index < -0.39 is 5.97 Å². The number of aromatic carboxylic acids is 1. The minimum Gasteiger partial charge on any atom is -0.478 e. The Morgan fingerprint density at radius 3 is 1.91 bits per heavy atom. The van der Waals surface area contributed by atoms with Gasteiger partial charge >= 0.3 is 5.97 Å². The lowest BCUT2D eigenvalue weighted by Crippen LogP contribution is -2.10. The van der Waals surface area contributed by atoms with Crippen LogP contribution >= 0.6 is 0 Å². The highest BCUT2D eigenvalue weighted by Gasteiger charge is 2.21. The molecule has 3 aromatic rings. The fourth-order valence-corrected chi connectivity index (χ4v) is 2.89. The topological polar surface area (TPSA) is 50.2 Å². The van der Waals surface area contributed by atoms with Gasteiger partial charge in [-0.15, -0.1) is 0 Å². The van der Waals surface area contributed by atoms with Crippen molar-refractivity contribution in [3.8, 4) is 0 Å². The quantitative estimate of drug-likeness (QED) is 0.783. The zero-order valence-electron chi connectivity index (χ0n) is 12.8. The number of hydrogen-bond acceptors (Lipinski definition) is 2. The van der Waals surface area contributed by atoms with Gasteiger partial charge in [-0.1, -0.05) is 60.7 Å². The fraction of sp³-hybridized carbons (Fsp3) is 0.100. The van der Waals surface area contributed by atoms with E-state index in [1.807, 2.05) is 43.3 Å². The van der Waals surface area contributed by atoms with E-state index in [2.05, 4.69) is 29.2 Å². The second-order valence-electron chi connectivity index (χ2n) is 5.46. The Labute approximate surface area is 135 Å². The van der Waals surface area contributed by atoms with Crippen molar-refractivity contribution in [2.45, 2.75) is 12.8 Å². The van der Waals surface area contributed by atoms with Crippen LogP contribution in [0.3, 0.4) is 0 Å². The van der Waals surface area contributed by atoms with Gasteiger partial charge in [-0.05, 0) is 29.2 Å². The van der Waals surface area contributed by atoms with Crippen molar-refractivity contribution in [3.05, 3.63) is 101 Å². The Bertz CT molecular complexity index is 774. The number of carboxylic acid groups (broad SMARTS) is 1. The lowest BCUT2D eigenvalue weighted by molar-refractivity contribution is 0.0695. The van der Waals surface area contributed by atoms with E-state index in [4.69, 9.17) is 0 Å². The number of pyridine rings is 1. The third-order valence-corrected chi connectivity index (χ3v) is 4.06. The van der Waals surface area contributed by atoms with Crippen LogP contribution in [0.4, 0.5) is 0 Å². The number of hydrogen-bond donors (Lipinski definition) is 1. The molecule has 0 saturated carbocycles. The minimum absolute atomic E-state index is 0.0378. The molecule has 3 rings (SSSR count). The average Bonchev–Trinajstić information content (AvgIpc) is 2.58. The van der Waals surface area contributed by atoms with Gasteiger partial charge in [0, 0.05) is 18.3 Å². The van der Waals surface area contributed by atoms with Crippen LogP contribution in [0.1, 0.15) is 38.5 Å². The van der Waals surface area contributed by atoms with E-state index >= 15 is 0 Å². The summed E-state index contributed by atoms with van der Waals surface area (Å²) in [6.07, 6.45) is 3.18. The molecule has 114 valence electrons. The van der Waals surface area contributed by atoms with Crippen LogP contribution in [0, 0.1) is 6.92 Å². The van der Waals surface area contributed by atoms with Gasteiger partial charge < -0.3 is 5.11 Å². The van der Waals surface area contributed by atoms with E-state index in [0.29, 0.717) is 0 Å². The van der Waals surface area contributed by atoms with Crippen molar-refractivity contribution < 1.29 is 9.90 Å². The summed E-state index contributed by atoms with van der Waals surface area (Å²) in [7, 11) is 0. The Kier molecular flexibility index (Phi) is 4.20. The molecule has 0 aliphatic carbocycles. The van der Waals surface area contributed by atoms with Crippen LogP contribution in [0.2, 0.25) is 0 Å². The van der Waals surface area contributed by atoms with Gasteiger partial charge in [-0.3, -0.25) is 4.98 Å². The Balaban J connectivity index is 2.21. The van der Waals surface area contributed by atoms with Crippen molar-refractivity contribution in [2.24, 2.45) is 0 Å². The standard InChI is InChI=1S/C20H17NO2/c1-14-17(12-21-13-18(14)20(22)23)19(15-8-4-2-5-9-15)16-10-6-3-7-11-16/h2-13,19H,1H3,(H,22,23). The van der Waals surface area contributed by atoms with Crippen LogP contribution in [0.15, 0.2) is 73.1 Å². The number of rotatable bonds is 4. The van der Waals surface area contributed by atoms with Crippen molar-refractivity contribution in [1.82, 2.24) is 4.98 Å². The third-order valence-electron chi connectivity index (χ3n) is 4.06. The molecule has 0 radical (unpaired) electrons. The first-order valence-electron chi connectivity index (χ1n) is 7.46. The normalized spacial score (nSPS) is 10.7. The molecule has 0 saturated heterocycles. The maximum atomic E-state index is 11.4. The second kappa shape index (κ2) is 6.44. The highest BCUT2D eigenvalue weighted by Crippen LogP contribution is 2.34. The Hall–Kier alpha value is -2.94. The third kappa shape index (κ3) is 2.99. The molecule has 23 heavy (non-hydrogen) atoms.